The summed E-state index contributed by atoms with van der Waals surface area (Å²) < 4.78 is 68.4. The summed E-state index contributed by atoms with van der Waals surface area (Å²) in [5.41, 5.74) is 0. The van der Waals surface area contributed by atoms with Gasteiger partial charge >= 0.3 is 39.5 Å². The lowest BCUT2D eigenvalue weighted by Gasteiger charge is -2.21. The van der Waals surface area contributed by atoms with E-state index >= 15 is 0 Å². The molecule has 5 atom stereocenters. The molecule has 0 rings (SSSR count). The normalized spacial score (nSPS) is 14.0. The molecule has 2 unspecified atom stereocenters. The molecule has 0 aromatic carbocycles. The van der Waals surface area contributed by atoms with E-state index in [9.17, 15) is 43.2 Å². The molecule has 0 aromatic heterocycles. The third-order valence-corrected chi connectivity index (χ3v) is 19.4. The second-order valence-corrected chi connectivity index (χ2v) is 30.4. The molecule has 3 N–H and O–H groups in total. The standard InChI is InChI=1S/C75H146O17P2/c1-6-9-12-15-18-20-22-30-35-39-44-49-54-59-73(78)86-65-71(92-75(80)61-56-51-46-41-37-33-29-27-25-24-26-28-32-34-38-43-47-52-57-68(4)5)67-90-94(83,84)88-63-69(76)62-87-93(81,82)89-66-70(64-85-72(77)58-53-48-42-17-14-11-8-3)91-74(79)60-55-50-45-40-36-31-23-21-19-16-13-10-7-2/h68-71,76H,6-67H2,1-5H3,(H,81,82)(H,83,84)/t69-,70+,71+/m0/s1. The smallest absolute Gasteiger partial charge is 0.462 e. The molecule has 0 saturated carbocycles. The van der Waals surface area contributed by atoms with Crippen LogP contribution in [0.25, 0.3) is 0 Å². The molecule has 0 saturated heterocycles. The van der Waals surface area contributed by atoms with E-state index in [2.05, 4.69) is 34.6 Å². The van der Waals surface area contributed by atoms with Crippen LogP contribution >= 0.6 is 15.6 Å². The molecule has 0 fully saturated rings. The Labute approximate surface area is 575 Å². The van der Waals surface area contributed by atoms with E-state index in [1.165, 1.54) is 205 Å². The van der Waals surface area contributed by atoms with Gasteiger partial charge in [0.1, 0.15) is 19.3 Å². The van der Waals surface area contributed by atoms with Crippen LogP contribution in [0.2, 0.25) is 0 Å². The molecule has 0 bridgehead atoms. The Morgan fingerprint density at radius 1 is 0.287 bits per heavy atom. The van der Waals surface area contributed by atoms with Gasteiger partial charge in [-0.15, -0.1) is 0 Å². The first-order chi connectivity index (χ1) is 45.5. The first-order valence-corrected chi connectivity index (χ1v) is 42.1. The maximum atomic E-state index is 13.1. The van der Waals surface area contributed by atoms with Crippen molar-refractivity contribution in [2.24, 2.45) is 5.92 Å². The molecule has 0 aliphatic rings. The molecule has 17 nitrogen and oxygen atoms in total. The van der Waals surface area contributed by atoms with Crippen molar-refractivity contribution in [3.8, 4) is 0 Å². The summed E-state index contributed by atoms with van der Waals surface area (Å²) in [7, 11) is -9.90. The van der Waals surface area contributed by atoms with Crippen LogP contribution in [0.3, 0.4) is 0 Å². The fraction of sp³-hybridized carbons (Fsp3) is 0.947. The third-order valence-electron chi connectivity index (χ3n) is 17.5. The summed E-state index contributed by atoms with van der Waals surface area (Å²) in [5.74, 6) is -1.30. The third kappa shape index (κ3) is 68.6. The van der Waals surface area contributed by atoms with E-state index in [4.69, 9.17) is 37.0 Å². The molecule has 0 amide bonds. The zero-order chi connectivity index (χ0) is 69.1. The minimum atomic E-state index is -4.95. The largest absolute Gasteiger partial charge is 0.472 e. The monoisotopic (exact) mass is 1380 g/mol. The van der Waals surface area contributed by atoms with Gasteiger partial charge in [-0.2, -0.15) is 0 Å². The molecule has 0 aliphatic carbocycles. The molecule has 0 aliphatic heterocycles. The Morgan fingerprint density at radius 2 is 0.489 bits per heavy atom. The zero-order valence-electron chi connectivity index (χ0n) is 61.1. The van der Waals surface area contributed by atoms with Gasteiger partial charge in [-0.25, -0.2) is 9.13 Å². The minimum Gasteiger partial charge on any atom is -0.462 e. The summed E-state index contributed by atoms with van der Waals surface area (Å²) in [6.07, 6.45) is 57.0. The molecule has 0 heterocycles. The van der Waals surface area contributed by atoms with Crippen molar-refractivity contribution in [3.05, 3.63) is 0 Å². The van der Waals surface area contributed by atoms with Crippen LogP contribution in [-0.4, -0.2) is 96.7 Å². The SMILES string of the molecule is CCCCCCCCCCCCCCCC(=O)OC[C@H](COP(=O)(O)OC[C@@H](O)COP(=O)(O)OC[C@@H](COC(=O)CCCCCCCCC)OC(=O)CCCCCCCCCCCCCCC)OC(=O)CCCCCCCCCCCCCCCCCCCCC(C)C. The van der Waals surface area contributed by atoms with E-state index in [1.54, 1.807) is 0 Å². The van der Waals surface area contributed by atoms with E-state index in [0.29, 0.717) is 25.7 Å². The molecule has 0 aromatic rings. The van der Waals surface area contributed by atoms with Crippen molar-refractivity contribution in [2.75, 3.05) is 39.6 Å². The summed E-state index contributed by atoms with van der Waals surface area (Å²) in [4.78, 5) is 72.6. The number of hydrogen-bond donors (Lipinski definition) is 3. The van der Waals surface area contributed by atoms with Gasteiger partial charge in [-0.1, -0.05) is 343 Å². The lowest BCUT2D eigenvalue weighted by atomic mass is 10.0. The number of carbonyl (C=O) groups excluding carboxylic acids is 4. The maximum absolute atomic E-state index is 13.1. The summed E-state index contributed by atoms with van der Waals surface area (Å²) in [6.45, 7) is 7.28. The predicted molar refractivity (Wildman–Crippen MR) is 382 cm³/mol. The quantitative estimate of drug-likeness (QED) is 0.0222. The van der Waals surface area contributed by atoms with Crippen LogP contribution in [0.15, 0.2) is 0 Å². The van der Waals surface area contributed by atoms with Crippen LogP contribution in [0.4, 0.5) is 0 Å². The van der Waals surface area contributed by atoms with Gasteiger partial charge in [0.25, 0.3) is 0 Å². The van der Waals surface area contributed by atoms with Crippen molar-refractivity contribution >= 4 is 39.5 Å². The predicted octanol–water partition coefficient (Wildman–Crippen LogP) is 22.1. The van der Waals surface area contributed by atoms with Gasteiger partial charge in [-0.3, -0.25) is 37.3 Å². The molecule has 94 heavy (non-hydrogen) atoms. The van der Waals surface area contributed by atoms with E-state index in [1.807, 2.05) is 0 Å². The van der Waals surface area contributed by atoms with Crippen molar-refractivity contribution in [2.45, 2.75) is 412 Å². The number of ether oxygens (including phenoxy) is 4. The highest BCUT2D eigenvalue weighted by Gasteiger charge is 2.30. The highest BCUT2D eigenvalue weighted by molar-refractivity contribution is 7.47. The van der Waals surface area contributed by atoms with Crippen LogP contribution in [-0.2, 0) is 65.4 Å². The van der Waals surface area contributed by atoms with E-state index in [-0.39, 0.29) is 25.7 Å². The van der Waals surface area contributed by atoms with E-state index < -0.39 is 97.5 Å². The summed E-state index contributed by atoms with van der Waals surface area (Å²) in [6, 6.07) is 0. The lowest BCUT2D eigenvalue weighted by molar-refractivity contribution is -0.161. The van der Waals surface area contributed by atoms with Crippen LogP contribution < -0.4 is 0 Å². The van der Waals surface area contributed by atoms with Gasteiger partial charge in [0.15, 0.2) is 12.2 Å². The molecular formula is C75H146O17P2. The molecule has 0 radical (unpaired) electrons. The number of unbranched alkanes of at least 4 members (excludes halogenated alkanes) is 47. The Morgan fingerprint density at radius 3 is 0.723 bits per heavy atom. The van der Waals surface area contributed by atoms with Gasteiger partial charge in [0.2, 0.25) is 0 Å². The Bertz CT molecular complexity index is 1810. The first kappa shape index (κ1) is 92.1. The fourth-order valence-electron chi connectivity index (χ4n) is 11.5. The summed E-state index contributed by atoms with van der Waals surface area (Å²) in [5, 5.41) is 10.6. The molecule has 558 valence electrons. The Hall–Kier alpha value is -1.94. The van der Waals surface area contributed by atoms with Gasteiger partial charge in [-0.05, 0) is 31.6 Å². The summed E-state index contributed by atoms with van der Waals surface area (Å²) >= 11 is 0. The van der Waals surface area contributed by atoms with Crippen molar-refractivity contribution < 1.29 is 80.2 Å². The number of carbonyl (C=O) groups is 4. The van der Waals surface area contributed by atoms with Gasteiger partial charge in [0.05, 0.1) is 26.4 Å². The van der Waals surface area contributed by atoms with Crippen molar-refractivity contribution in [1.29, 1.82) is 0 Å². The Kier molecular flexibility index (Phi) is 66.8. The van der Waals surface area contributed by atoms with Gasteiger partial charge < -0.3 is 33.8 Å². The lowest BCUT2D eigenvalue weighted by Crippen LogP contribution is -2.30. The molecule has 0 spiro atoms. The van der Waals surface area contributed by atoms with Gasteiger partial charge in [0, 0.05) is 25.7 Å². The van der Waals surface area contributed by atoms with E-state index in [0.717, 1.165) is 109 Å². The minimum absolute atomic E-state index is 0.108. The average Bonchev–Trinajstić information content (AvgIpc) is 1.29. The number of esters is 4. The van der Waals surface area contributed by atoms with Crippen LogP contribution in [0, 0.1) is 5.92 Å². The molecular weight excluding hydrogens is 1230 g/mol. The zero-order valence-corrected chi connectivity index (χ0v) is 62.9. The topological polar surface area (TPSA) is 237 Å². The fourth-order valence-corrected chi connectivity index (χ4v) is 13.1. The highest BCUT2D eigenvalue weighted by atomic mass is 31.2. The highest BCUT2D eigenvalue weighted by Crippen LogP contribution is 2.45. The molecule has 19 heteroatoms. The van der Waals surface area contributed by atoms with Crippen molar-refractivity contribution in [1.82, 2.24) is 0 Å². The second kappa shape index (κ2) is 68.2. The number of rotatable bonds is 75. The van der Waals surface area contributed by atoms with Crippen LogP contribution in [0.1, 0.15) is 394 Å². The second-order valence-electron chi connectivity index (χ2n) is 27.5. The van der Waals surface area contributed by atoms with Crippen LogP contribution in [0.5, 0.6) is 0 Å². The number of aliphatic hydroxyl groups excluding tert-OH is 1. The maximum Gasteiger partial charge on any atom is 0.472 e. The number of phosphoric acid groups is 2. The number of hydrogen-bond acceptors (Lipinski definition) is 15. The number of aliphatic hydroxyl groups is 1. The Balaban J connectivity index is 5.15. The van der Waals surface area contributed by atoms with Crippen molar-refractivity contribution in [3.63, 3.8) is 0 Å². The average molecular weight is 1380 g/mol. The number of phosphoric ester groups is 2. The first-order valence-electron chi connectivity index (χ1n) is 39.1.